The van der Waals surface area contributed by atoms with Crippen molar-refractivity contribution in [3.05, 3.63) is 59.2 Å². The van der Waals surface area contributed by atoms with Gasteiger partial charge in [0.1, 0.15) is 5.69 Å². The van der Waals surface area contributed by atoms with Crippen molar-refractivity contribution in [1.82, 2.24) is 5.16 Å². The highest BCUT2D eigenvalue weighted by Crippen LogP contribution is 2.31. The van der Waals surface area contributed by atoms with Crippen molar-refractivity contribution in [1.29, 1.82) is 0 Å². The van der Waals surface area contributed by atoms with Crippen LogP contribution in [0.3, 0.4) is 0 Å². The molecule has 0 aliphatic rings. The maximum Gasteiger partial charge on any atom is 0.257 e. The summed E-state index contributed by atoms with van der Waals surface area (Å²) in [5.41, 5.74) is 6.75. The largest absolute Gasteiger partial charge is 0.356 e. The number of aryl methyl sites for hydroxylation is 3. The number of aromatic nitrogens is 1. The third-order valence-corrected chi connectivity index (χ3v) is 4.45. The second kappa shape index (κ2) is 7.52. The van der Waals surface area contributed by atoms with Gasteiger partial charge < -0.3 is 9.84 Å². The molecule has 0 spiro atoms. The molecule has 1 heterocycles. The molecule has 0 unspecified atom stereocenters. The van der Waals surface area contributed by atoms with E-state index >= 15 is 0 Å². The predicted octanol–water partition coefficient (Wildman–Crippen LogP) is 5.68. The number of hydrogen-bond donors (Lipinski definition) is 1. The maximum absolute atomic E-state index is 11.6. The van der Waals surface area contributed by atoms with E-state index in [0.717, 1.165) is 27.9 Å². The summed E-state index contributed by atoms with van der Waals surface area (Å²) < 4.78 is 5.54. The van der Waals surface area contributed by atoms with Gasteiger partial charge in [-0.3, -0.25) is 4.79 Å². The lowest BCUT2D eigenvalue weighted by atomic mass is 9.97. The fraction of sp³-hybridized carbons (Fsp3) is 0.200. The quantitative estimate of drug-likeness (QED) is 0.585. The first-order valence-corrected chi connectivity index (χ1v) is 8.97. The molecule has 26 heavy (non-hydrogen) atoms. The Labute approximate surface area is 162 Å². The zero-order valence-corrected chi connectivity index (χ0v) is 16.2. The highest BCUT2D eigenvalue weighted by Gasteiger charge is 2.15. The van der Waals surface area contributed by atoms with Crippen molar-refractivity contribution in [2.24, 2.45) is 0 Å². The van der Waals surface area contributed by atoms with Gasteiger partial charge in [-0.1, -0.05) is 58.2 Å². The van der Waals surface area contributed by atoms with Crippen molar-refractivity contribution >= 4 is 34.8 Å². The summed E-state index contributed by atoms with van der Waals surface area (Å²) in [5, 5.41) is 6.88. The molecule has 3 rings (SSSR count). The minimum Gasteiger partial charge on any atom is -0.356 e. The van der Waals surface area contributed by atoms with Crippen LogP contribution in [0.25, 0.3) is 22.6 Å². The van der Waals surface area contributed by atoms with Crippen LogP contribution in [-0.2, 0) is 4.79 Å². The van der Waals surface area contributed by atoms with E-state index in [1.807, 2.05) is 18.2 Å². The fourth-order valence-corrected chi connectivity index (χ4v) is 3.17. The number of nitrogens with one attached hydrogen (secondary N) is 1. The molecule has 0 aliphatic carbocycles. The second-order valence-corrected chi connectivity index (χ2v) is 7.32. The molecule has 4 nitrogen and oxygen atoms in total. The van der Waals surface area contributed by atoms with Gasteiger partial charge in [0.05, 0.1) is 0 Å². The molecular weight excluding hydrogens is 371 g/mol. The van der Waals surface area contributed by atoms with Crippen molar-refractivity contribution in [2.45, 2.75) is 25.6 Å². The topological polar surface area (TPSA) is 55.1 Å². The van der Waals surface area contributed by atoms with Gasteiger partial charge in [-0.15, -0.1) is 0 Å². The molecule has 0 fully saturated rings. The third-order valence-electron chi connectivity index (χ3n) is 4.06. The number of alkyl halides is 2. The van der Waals surface area contributed by atoms with Crippen LogP contribution in [0, 0.1) is 20.8 Å². The van der Waals surface area contributed by atoms with Gasteiger partial charge in [0.15, 0.2) is 10.6 Å². The normalized spacial score (nSPS) is 11.0. The van der Waals surface area contributed by atoms with E-state index in [1.54, 1.807) is 12.1 Å². The van der Waals surface area contributed by atoms with Gasteiger partial charge >= 0.3 is 0 Å². The van der Waals surface area contributed by atoms with E-state index in [9.17, 15) is 4.79 Å². The number of carbonyl (C=O) groups is 1. The molecule has 1 N–H and O–H groups in total. The number of amides is 1. The van der Waals surface area contributed by atoms with Crippen molar-refractivity contribution in [2.75, 3.05) is 5.32 Å². The first kappa shape index (κ1) is 18.5. The van der Waals surface area contributed by atoms with Crippen molar-refractivity contribution in [3.8, 4) is 22.6 Å². The fourth-order valence-electron chi connectivity index (χ4n) is 3.06. The highest BCUT2D eigenvalue weighted by molar-refractivity contribution is 6.54. The molecule has 0 atom stereocenters. The van der Waals surface area contributed by atoms with Gasteiger partial charge in [0, 0.05) is 22.9 Å². The number of hydrogen-bond acceptors (Lipinski definition) is 3. The highest BCUT2D eigenvalue weighted by atomic mass is 35.5. The summed E-state index contributed by atoms with van der Waals surface area (Å²) >= 11 is 11.1. The molecule has 0 bridgehead atoms. The lowest BCUT2D eigenvalue weighted by Gasteiger charge is -2.08. The van der Waals surface area contributed by atoms with Crippen LogP contribution in [0.5, 0.6) is 0 Å². The van der Waals surface area contributed by atoms with Crippen LogP contribution in [0.1, 0.15) is 16.7 Å². The summed E-state index contributed by atoms with van der Waals surface area (Å²) in [6.07, 6.45) is 0. The average Bonchev–Trinajstić information content (AvgIpc) is 3.03. The number of halogens is 2. The molecule has 0 saturated carbocycles. The van der Waals surface area contributed by atoms with Crippen LogP contribution in [0.2, 0.25) is 0 Å². The number of anilines is 1. The Morgan fingerprint density at radius 3 is 2.42 bits per heavy atom. The van der Waals surface area contributed by atoms with Gasteiger partial charge in [-0.05, 0) is 44.0 Å². The summed E-state index contributed by atoms with van der Waals surface area (Å²) in [6, 6.07) is 13.4. The Morgan fingerprint density at radius 2 is 1.77 bits per heavy atom. The summed E-state index contributed by atoms with van der Waals surface area (Å²) in [5.74, 6) is 0.137. The molecule has 0 radical (unpaired) electrons. The van der Waals surface area contributed by atoms with Crippen molar-refractivity contribution < 1.29 is 9.32 Å². The van der Waals surface area contributed by atoms with Crippen molar-refractivity contribution in [3.63, 3.8) is 0 Å². The van der Waals surface area contributed by atoms with Crippen LogP contribution in [0.4, 0.5) is 5.69 Å². The van der Waals surface area contributed by atoms with Crippen LogP contribution in [0.15, 0.2) is 47.0 Å². The lowest BCUT2D eigenvalue weighted by molar-refractivity contribution is -0.114. The molecular formula is C20H18Cl2N2O2. The summed E-state index contributed by atoms with van der Waals surface area (Å²) in [6.45, 7) is 6.20. The minimum absolute atomic E-state index is 0.477. The van der Waals surface area contributed by atoms with Gasteiger partial charge in [0.25, 0.3) is 5.91 Å². The van der Waals surface area contributed by atoms with E-state index in [4.69, 9.17) is 27.7 Å². The Hall–Kier alpha value is -2.30. The Bertz CT molecular complexity index is 941. The number of carbonyl (C=O) groups excluding carboxylic acids is 1. The summed E-state index contributed by atoms with van der Waals surface area (Å²) in [7, 11) is 0. The number of benzene rings is 2. The standard InChI is InChI=1S/C20H18Cl2N2O2/c1-11-7-12(2)18(13(3)8-11)16-10-17(26-24-16)14-5-4-6-15(9-14)23-20(25)19(21)22/h4-10,19H,1-3H3,(H,23,25). The molecule has 6 heteroatoms. The Morgan fingerprint density at radius 1 is 1.08 bits per heavy atom. The van der Waals surface area contributed by atoms with E-state index in [2.05, 4.69) is 43.4 Å². The molecule has 134 valence electrons. The first-order valence-electron chi connectivity index (χ1n) is 8.09. The molecule has 0 saturated heterocycles. The van der Waals surface area contributed by atoms with Gasteiger partial charge in [-0.2, -0.15) is 0 Å². The average molecular weight is 389 g/mol. The van der Waals surface area contributed by atoms with E-state index in [-0.39, 0.29) is 0 Å². The van der Waals surface area contributed by atoms with Crippen LogP contribution >= 0.6 is 23.2 Å². The monoisotopic (exact) mass is 388 g/mol. The predicted molar refractivity (Wildman–Crippen MR) is 106 cm³/mol. The van der Waals surface area contributed by atoms with Crippen LogP contribution < -0.4 is 5.32 Å². The molecule has 3 aromatic rings. The maximum atomic E-state index is 11.6. The van der Waals surface area contributed by atoms with Gasteiger partial charge in [0.2, 0.25) is 0 Å². The number of rotatable bonds is 4. The Balaban J connectivity index is 1.93. The SMILES string of the molecule is Cc1cc(C)c(-c2cc(-c3cccc(NC(=O)C(Cl)Cl)c3)on2)c(C)c1. The zero-order valence-electron chi connectivity index (χ0n) is 14.6. The molecule has 2 aromatic carbocycles. The zero-order chi connectivity index (χ0) is 18.8. The third kappa shape index (κ3) is 3.92. The molecule has 0 aliphatic heterocycles. The smallest absolute Gasteiger partial charge is 0.257 e. The van der Waals surface area contributed by atoms with E-state index in [1.165, 1.54) is 5.56 Å². The molecule has 1 aromatic heterocycles. The molecule has 1 amide bonds. The minimum atomic E-state index is -1.12. The lowest BCUT2D eigenvalue weighted by Crippen LogP contribution is -2.18. The van der Waals surface area contributed by atoms with Crippen LogP contribution in [-0.4, -0.2) is 15.9 Å². The Kier molecular flexibility index (Phi) is 5.35. The van der Waals surface area contributed by atoms with E-state index < -0.39 is 10.7 Å². The first-order chi connectivity index (χ1) is 12.3. The summed E-state index contributed by atoms with van der Waals surface area (Å²) in [4.78, 5) is 10.5. The van der Waals surface area contributed by atoms with E-state index in [0.29, 0.717) is 11.4 Å². The second-order valence-electron chi connectivity index (χ2n) is 6.22. The van der Waals surface area contributed by atoms with Gasteiger partial charge in [-0.25, -0.2) is 0 Å². The number of nitrogens with zero attached hydrogens (tertiary/aromatic N) is 1.